The van der Waals surface area contributed by atoms with E-state index in [9.17, 15) is 4.79 Å². The quantitative estimate of drug-likeness (QED) is 0.557. The van der Waals surface area contributed by atoms with E-state index in [0.29, 0.717) is 6.42 Å². The van der Waals surface area contributed by atoms with E-state index < -0.39 is 0 Å². The summed E-state index contributed by atoms with van der Waals surface area (Å²) in [5, 5.41) is 6.07. The van der Waals surface area contributed by atoms with Crippen molar-refractivity contribution in [3.05, 3.63) is 71.3 Å². The van der Waals surface area contributed by atoms with Gasteiger partial charge in [-0.25, -0.2) is 0 Å². The minimum Gasteiger partial charge on any atom is -0.454 e. The number of anilines is 1. The van der Waals surface area contributed by atoms with E-state index >= 15 is 0 Å². The van der Waals surface area contributed by atoms with Crippen LogP contribution in [0.2, 0.25) is 0 Å². The number of hydrogen-bond donors (Lipinski definition) is 1. The maximum atomic E-state index is 13.4. The zero-order valence-corrected chi connectivity index (χ0v) is 17.1. The Balaban J connectivity index is 1.58. The van der Waals surface area contributed by atoms with Gasteiger partial charge in [-0.2, -0.15) is 0 Å². The molecule has 0 saturated carbocycles. The van der Waals surface area contributed by atoms with Gasteiger partial charge in [0.05, 0.1) is 6.04 Å². The van der Waals surface area contributed by atoms with E-state index in [1.807, 2.05) is 18.2 Å². The molecule has 0 bridgehead atoms. The molecule has 3 aromatic rings. The summed E-state index contributed by atoms with van der Waals surface area (Å²) < 4.78 is 11.1. The molecule has 6 rings (SSSR count). The van der Waals surface area contributed by atoms with Crippen molar-refractivity contribution in [3.8, 4) is 11.5 Å². The number of hydrogen-bond acceptors (Lipinski definition) is 4. The predicted octanol–water partition coefficient (Wildman–Crippen LogP) is 5.88. The fourth-order valence-electron chi connectivity index (χ4n) is 5.09. The van der Waals surface area contributed by atoms with Gasteiger partial charge in [0.15, 0.2) is 17.3 Å². The summed E-state index contributed by atoms with van der Waals surface area (Å²) in [6.07, 6.45) is 1.46. The largest absolute Gasteiger partial charge is 0.454 e. The molecule has 0 aromatic heterocycles. The maximum absolute atomic E-state index is 13.4. The summed E-state index contributed by atoms with van der Waals surface area (Å²) in [6.45, 7) is 4.62. The van der Waals surface area contributed by atoms with Crippen LogP contribution in [-0.4, -0.2) is 12.6 Å². The van der Waals surface area contributed by atoms with Crippen molar-refractivity contribution in [2.75, 3.05) is 12.1 Å². The number of rotatable bonds is 1. The molecule has 2 heterocycles. The summed E-state index contributed by atoms with van der Waals surface area (Å²) in [5.74, 6) is 1.73. The molecule has 0 fully saturated rings. The van der Waals surface area contributed by atoms with Crippen molar-refractivity contribution in [2.45, 2.75) is 32.7 Å². The van der Waals surface area contributed by atoms with Gasteiger partial charge in [0, 0.05) is 23.2 Å². The van der Waals surface area contributed by atoms with Gasteiger partial charge in [-0.1, -0.05) is 44.2 Å². The molecule has 4 nitrogen and oxygen atoms in total. The summed E-state index contributed by atoms with van der Waals surface area (Å²) >= 11 is 0. The van der Waals surface area contributed by atoms with E-state index in [1.54, 1.807) is 0 Å². The van der Waals surface area contributed by atoms with Crippen LogP contribution in [0.3, 0.4) is 0 Å². The van der Waals surface area contributed by atoms with E-state index in [4.69, 9.17) is 9.47 Å². The van der Waals surface area contributed by atoms with Gasteiger partial charge in [0.2, 0.25) is 6.79 Å². The molecule has 0 amide bonds. The number of fused-ring (bicyclic) bond motifs is 4. The SMILES string of the molecule is CC1(C)CC(=O)C2=C(C1)c1cc3ccccc3cc1N[C@H]2c1ccc2c(c1)OCO2. The minimum atomic E-state index is -0.188. The lowest BCUT2D eigenvalue weighted by Crippen LogP contribution is -2.33. The average Bonchev–Trinajstić information content (AvgIpc) is 3.19. The highest BCUT2D eigenvalue weighted by Gasteiger charge is 2.40. The van der Waals surface area contributed by atoms with Crippen LogP contribution in [0.25, 0.3) is 16.3 Å². The first kappa shape index (κ1) is 17.6. The highest BCUT2D eigenvalue weighted by molar-refractivity contribution is 6.10. The molecule has 0 unspecified atom stereocenters. The van der Waals surface area contributed by atoms with E-state index in [1.165, 1.54) is 16.3 Å². The van der Waals surface area contributed by atoms with E-state index in [0.717, 1.165) is 40.3 Å². The summed E-state index contributed by atoms with van der Waals surface area (Å²) in [7, 11) is 0. The predicted molar refractivity (Wildman–Crippen MR) is 118 cm³/mol. The molecule has 4 heteroatoms. The number of ether oxygens (including phenoxy) is 2. The second kappa shape index (κ2) is 6.11. The Labute approximate surface area is 175 Å². The van der Waals surface area contributed by atoms with Crippen LogP contribution in [-0.2, 0) is 4.79 Å². The molecular formula is C26H23NO3. The third kappa shape index (κ3) is 2.63. The standard InChI is InChI=1S/C26H23NO3/c1-26(2)12-19-18-9-15-5-3-4-6-16(15)10-20(18)27-25(24(19)21(28)13-26)17-7-8-22-23(11-17)30-14-29-22/h3-11,25,27H,12-14H2,1-2H3/t25-/m0/s1. The lowest BCUT2D eigenvalue weighted by atomic mass is 9.68. The zero-order valence-electron chi connectivity index (χ0n) is 17.1. The second-order valence-electron chi connectivity index (χ2n) is 9.27. The summed E-state index contributed by atoms with van der Waals surface area (Å²) in [6, 6.07) is 18.6. The molecule has 1 atom stereocenters. The highest BCUT2D eigenvalue weighted by atomic mass is 16.7. The molecule has 1 aliphatic carbocycles. The fourth-order valence-corrected chi connectivity index (χ4v) is 5.09. The third-order valence-electron chi connectivity index (χ3n) is 6.45. The molecule has 0 spiro atoms. The Bertz CT molecular complexity index is 1250. The van der Waals surface area contributed by atoms with Crippen molar-refractivity contribution >= 4 is 27.8 Å². The van der Waals surface area contributed by atoms with Gasteiger partial charge in [0.1, 0.15) is 0 Å². The number of benzene rings is 3. The molecular weight excluding hydrogens is 374 g/mol. The molecule has 2 aliphatic heterocycles. The van der Waals surface area contributed by atoms with E-state index in [-0.39, 0.29) is 24.0 Å². The van der Waals surface area contributed by atoms with Crippen molar-refractivity contribution < 1.29 is 14.3 Å². The Morgan fingerprint density at radius 3 is 2.53 bits per heavy atom. The number of Topliss-reactive ketones (excluding diaryl/α,β-unsaturated/α-hetero) is 1. The van der Waals surface area contributed by atoms with E-state index in [2.05, 4.69) is 55.6 Å². The second-order valence-corrected chi connectivity index (χ2v) is 9.27. The first-order chi connectivity index (χ1) is 14.5. The summed E-state index contributed by atoms with van der Waals surface area (Å²) in [5.41, 5.74) is 5.30. The molecule has 3 aliphatic rings. The van der Waals surface area contributed by atoms with Gasteiger partial charge >= 0.3 is 0 Å². The van der Waals surface area contributed by atoms with Gasteiger partial charge in [-0.3, -0.25) is 4.79 Å². The monoisotopic (exact) mass is 397 g/mol. The molecule has 0 radical (unpaired) electrons. The van der Waals surface area contributed by atoms with Gasteiger partial charge in [0.25, 0.3) is 0 Å². The maximum Gasteiger partial charge on any atom is 0.231 e. The molecule has 1 N–H and O–H groups in total. The van der Waals surface area contributed by atoms with Crippen LogP contribution in [0.1, 0.15) is 43.9 Å². The number of carbonyl (C=O) groups excluding carboxylic acids is 1. The Morgan fingerprint density at radius 2 is 1.70 bits per heavy atom. The van der Waals surface area contributed by atoms with Crippen LogP contribution in [0, 0.1) is 5.41 Å². The smallest absolute Gasteiger partial charge is 0.231 e. The van der Waals surface area contributed by atoms with Crippen molar-refractivity contribution in [1.82, 2.24) is 0 Å². The topological polar surface area (TPSA) is 47.6 Å². The number of nitrogens with one attached hydrogen (secondary N) is 1. The van der Waals surface area contributed by atoms with Crippen LogP contribution < -0.4 is 14.8 Å². The highest BCUT2D eigenvalue weighted by Crippen LogP contribution is 2.51. The molecule has 30 heavy (non-hydrogen) atoms. The molecule has 0 saturated heterocycles. The first-order valence-electron chi connectivity index (χ1n) is 10.4. The molecule has 150 valence electrons. The van der Waals surface area contributed by atoms with Crippen LogP contribution >= 0.6 is 0 Å². The van der Waals surface area contributed by atoms with Crippen molar-refractivity contribution in [1.29, 1.82) is 0 Å². The van der Waals surface area contributed by atoms with Gasteiger partial charge in [-0.05, 0) is 58.0 Å². The van der Waals surface area contributed by atoms with Gasteiger partial charge in [-0.15, -0.1) is 0 Å². The van der Waals surface area contributed by atoms with Crippen LogP contribution in [0.4, 0.5) is 5.69 Å². The fraction of sp³-hybridized carbons (Fsp3) is 0.269. The lowest BCUT2D eigenvalue weighted by molar-refractivity contribution is -0.118. The minimum absolute atomic E-state index is 0.0460. The number of ketones is 1. The van der Waals surface area contributed by atoms with Crippen LogP contribution in [0.5, 0.6) is 11.5 Å². The normalized spacial score (nSPS) is 21.3. The van der Waals surface area contributed by atoms with Crippen molar-refractivity contribution in [3.63, 3.8) is 0 Å². The van der Waals surface area contributed by atoms with Crippen molar-refractivity contribution in [2.24, 2.45) is 5.41 Å². The Kier molecular flexibility index (Phi) is 3.58. The Morgan fingerprint density at radius 1 is 0.933 bits per heavy atom. The number of allylic oxidation sites excluding steroid dienone is 1. The Hall–Kier alpha value is -3.27. The zero-order chi connectivity index (χ0) is 20.5. The average molecular weight is 397 g/mol. The first-order valence-corrected chi connectivity index (χ1v) is 10.4. The van der Waals surface area contributed by atoms with Gasteiger partial charge < -0.3 is 14.8 Å². The summed E-state index contributed by atoms with van der Waals surface area (Å²) in [4.78, 5) is 13.4. The third-order valence-corrected chi connectivity index (χ3v) is 6.45. The lowest BCUT2D eigenvalue weighted by Gasteiger charge is -2.40. The van der Waals surface area contributed by atoms with Crippen LogP contribution in [0.15, 0.2) is 60.2 Å². The number of carbonyl (C=O) groups is 1. The molecule has 3 aromatic carbocycles.